The molecule has 2 aromatic rings. The predicted molar refractivity (Wildman–Crippen MR) is 115 cm³/mol. The molecule has 0 amide bonds. The highest BCUT2D eigenvalue weighted by Crippen LogP contribution is 2.56. The number of aromatic nitrogens is 1. The van der Waals surface area contributed by atoms with E-state index in [1.54, 1.807) is 10.2 Å². The molecule has 0 saturated carbocycles. The van der Waals surface area contributed by atoms with Crippen molar-refractivity contribution in [1.82, 2.24) is 0 Å². The number of hydrogen-bond donors (Lipinski definition) is 0. The zero-order chi connectivity index (χ0) is 18.5. The molecular weight excluding hydrogens is 341 g/mol. The van der Waals surface area contributed by atoms with Crippen molar-refractivity contribution in [2.45, 2.75) is 64.3 Å². The number of nitrogens with zero attached hydrogens (tertiary/aromatic N) is 1. The molecule has 3 heterocycles. The first-order valence-electron chi connectivity index (χ1n) is 9.73. The van der Waals surface area contributed by atoms with Crippen LogP contribution in [0.5, 0.6) is 0 Å². The summed E-state index contributed by atoms with van der Waals surface area (Å²) in [6, 6.07) is 9.36. The standard InChI is InChI=1S/C22H34NPS/c1-8-14-21(4)17-16-19(24(5,6)7)25-20(17)18-13-11-12-15-23(18)22(21,9-2)10-3/h11-13,15-16H,8-10,14H2,1-7H3/q+2. The Morgan fingerprint density at radius 3 is 2.32 bits per heavy atom. The van der Waals surface area contributed by atoms with Gasteiger partial charge in [0, 0.05) is 32.2 Å². The van der Waals surface area contributed by atoms with Gasteiger partial charge in [0.05, 0.1) is 25.4 Å². The van der Waals surface area contributed by atoms with Crippen LogP contribution in [-0.4, -0.2) is 20.0 Å². The summed E-state index contributed by atoms with van der Waals surface area (Å²) in [6.07, 6.45) is 7.18. The molecule has 0 aliphatic carbocycles. The predicted octanol–water partition coefficient (Wildman–Crippen LogP) is 5.82. The zero-order valence-electron chi connectivity index (χ0n) is 17.0. The van der Waals surface area contributed by atoms with Crippen molar-refractivity contribution >= 4 is 23.2 Å². The summed E-state index contributed by atoms with van der Waals surface area (Å²) in [6.45, 7) is 17.0. The molecule has 1 unspecified atom stereocenters. The molecular formula is C22H34NPS+2. The minimum absolute atomic E-state index is 0.168. The Morgan fingerprint density at radius 1 is 1.08 bits per heavy atom. The first-order valence-corrected chi connectivity index (χ1v) is 13.7. The molecule has 1 aliphatic heterocycles. The number of pyridine rings is 1. The minimum atomic E-state index is -1.01. The van der Waals surface area contributed by atoms with Crippen molar-refractivity contribution in [2.75, 3.05) is 20.0 Å². The summed E-state index contributed by atoms with van der Waals surface area (Å²) in [7, 11) is -1.01. The summed E-state index contributed by atoms with van der Waals surface area (Å²) in [5.41, 5.74) is 3.42. The van der Waals surface area contributed by atoms with Crippen LogP contribution in [0.3, 0.4) is 0 Å². The third-order valence-corrected chi connectivity index (χ3v) is 10.8. The van der Waals surface area contributed by atoms with E-state index in [0.29, 0.717) is 0 Å². The maximum atomic E-state index is 2.63. The van der Waals surface area contributed by atoms with Gasteiger partial charge in [0.2, 0.25) is 5.69 Å². The second kappa shape index (κ2) is 6.46. The van der Waals surface area contributed by atoms with Crippen molar-refractivity contribution in [1.29, 1.82) is 0 Å². The molecule has 0 bridgehead atoms. The van der Waals surface area contributed by atoms with Crippen LogP contribution in [0.1, 0.15) is 58.9 Å². The maximum absolute atomic E-state index is 2.63. The fraction of sp³-hybridized carbons (Fsp3) is 0.591. The van der Waals surface area contributed by atoms with E-state index < -0.39 is 7.26 Å². The highest BCUT2D eigenvalue weighted by atomic mass is 32.1. The highest BCUT2D eigenvalue weighted by Gasteiger charge is 2.59. The molecule has 136 valence electrons. The van der Waals surface area contributed by atoms with Gasteiger partial charge in [-0.25, -0.2) is 0 Å². The molecule has 0 aromatic carbocycles. The van der Waals surface area contributed by atoms with Gasteiger partial charge in [-0.05, 0) is 31.0 Å². The quantitative estimate of drug-likeness (QED) is 0.458. The lowest BCUT2D eigenvalue weighted by Crippen LogP contribution is -2.68. The molecule has 2 aromatic heterocycles. The molecule has 3 rings (SSSR count). The van der Waals surface area contributed by atoms with Crippen molar-refractivity contribution in [2.24, 2.45) is 0 Å². The van der Waals surface area contributed by atoms with Crippen LogP contribution in [0.25, 0.3) is 10.6 Å². The molecule has 0 saturated heterocycles. The first-order chi connectivity index (χ1) is 11.7. The first kappa shape index (κ1) is 19.1. The fourth-order valence-electron chi connectivity index (χ4n) is 5.07. The summed E-state index contributed by atoms with van der Waals surface area (Å²) >= 11 is 2.06. The van der Waals surface area contributed by atoms with Gasteiger partial charge in [-0.3, -0.25) is 0 Å². The second-order valence-corrected chi connectivity index (χ2v) is 14.5. The summed E-state index contributed by atoms with van der Waals surface area (Å²) in [5, 5.41) is 0. The van der Waals surface area contributed by atoms with Crippen LogP contribution in [0.2, 0.25) is 0 Å². The van der Waals surface area contributed by atoms with E-state index in [1.807, 2.05) is 0 Å². The van der Waals surface area contributed by atoms with Crippen molar-refractivity contribution < 1.29 is 4.57 Å². The lowest BCUT2D eigenvalue weighted by Gasteiger charge is -2.47. The lowest BCUT2D eigenvalue weighted by molar-refractivity contribution is -0.769. The summed E-state index contributed by atoms with van der Waals surface area (Å²) in [4.78, 5) is 1.53. The van der Waals surface area contributed by atoms with Gasteiger partial charge in [0.15, 0.2) is 11.7 Å². The van der Waals surface area contributed by atoms with E-state index in [1.165, 1.54) is 36.3 Å². The summed E-state index contributed by atoms with van der Waals surface area (Å²) < 4.78 is 4.25. The molecule has 1 nitrogen and oxygen atoms in total. The van der Waals surface area contributed by atoms with E-state index in [9.17, 15) is 0 Å². The third kappa shape index (κ3) is 2.63. The van der Waals surface area contributed by atoms with E-state index >= 15 is 0 Å². The van der Waals surface area contributed by atoms with Gasteiger partial charge in [0.25, 0.3) is 0 Å². The van der Waals surface area contributed by atoms with Gasteiger partial charge >= 0.3 is 0 Å². The monoisotopic (exact) mass is 375 g/mol. The number of fused-ring (bicyclic) bond motifs is 3. The molecule has 0 spiro atoms. The lowest BCUT2D eigenvalue weighted by atomic mass is 9.59. The Bertz CT molecular complexity index is 767. The zero-order valence-corrected chi connectivity index (χ0v) is 18.7. The average Bonchev–Trinajstić information content (AvgIpc) is 3.03. The molecule has 0 radical (unpaired) electrons. The summed E-state index contributed by atoms with van der Waals surface area (Å²) in [5.74, 6) is 0. The third-order valence-electron chi connectivity index (χ3n) is 6.48. The van der Waals surface area contributed by atoms with Crippen LogP contribution >= 0.6 is 18.6 Å². The van der Waals surface area contributed by atoms with E-state index in [-0.39, 0.29) is 11.0 Å². The SMILES string of the molecule is CCCC1(C)c2cc([P+](C)(C)C)sc2-c2cccc[n+]2C1(CC)CC. The van der Waals surface area contributed by atoms with Crippen LogP contribution in [0.4, 0.5) is 0 Å². The van der Waals surface area contributed by atoms with E-state index in [2.05, 4.69) is 94.1 Å². The van der Waals surface area contributed by atoms with Crippen LogP contribution in [0.15, 0.2) is 30.5 Å². The van der Waals surface area contributed by atoms with Gasteiger partial charge in [-0.15, -0.1) is 0 Å². The minimum Gasteiger partial charge on any atom is -0.191 e. The van der Waals surface area contributed by atoms with Gasteiger partial charge in [-0.2, -0.15) is 4.57 Å². The van der Waals surface area contributed by atoms with Crippen molar-refractivity contribution in [3.63, 3.8) is 0 Å². The Morgan fingerprint density at radius 2 is 1.76 bits per heavy atom. The Labute approximate surface area is 158 Å². The Hall–Kier alpha value is -0.720. The Balaban J connectivity index is 2.39. The fourth-order valence-corrected chi connectivity index (χ4v) is 8.00. The number of hydrogen-bond acceptors (Lipinski definition) is 1. The molecule has 0 fully saturated rings. The molecule has 3 heteroatoms. The molecule has 25 heavy (non-hydrogen) atoms. The number of thiophene rings is 1. The van der Waals surface area contributed by atoms with Crippen LogP contribution < -0.4 is 9.19 Å². The number of rotatable bonds is 5. The van der Waals surface area contributed by atoms with Gasteiger partial charge in [-0.1, -0.05) is 38.5 Å². The van der Waals surface area contributed by atoms with Crippen molar-refractivity contribution in [3.8, 4) is 10.6 Å². The second-order valence-electron chi connectivity index (χ2n) is 8.62. The van der Waals surface area contributed by atoms with Gasteiger partial charge < -0.3 is 0 Å². The molecule has 1 atom stereocenters. The molecule has 1 aliphatic rings. The average molecular weight is 376 g/mol. The van der Waals surface area contributed by atoms with E-state index in [4.69, 9.17) is 0 Å². The van der Waals surface area contributed by atoms with Crippen molar-refractivity contribution in [3.05, 3.63) is 36.0 Å². The van der Waals surface area contributed by atoms with Crippen LogP contribution in [0, 0.1) is 0 Å². The van der Waals surface area contributed by atoms with E-state index in [0.717, 1.165) is 0 Å². The van der Waals surface area contributed by atoms with Crippen LogP contribution in [-0.2, 0) is 11.0 Å². The van der Waals surface area contributed by atoms with Gasteiger partial charge in [0.1, 0.15) is 9.50 Å². The normalized spacial score (nSPS) is 21.7. The highest BCUT2D eigenvalue weighted by molar-refractivity contribution is 7.85. The topological polar surface area (TPSA) is 3.88 Å². The molecule has 0 N–H and O–H groups in total. The Kier molecular flexibility index (Phi) is 4.93. The maximum Gasteiger partial charge on any atom is 0.223 e. The largest absolute Gasteiger partial charge is 0.223 e. The smallest absolute Gasteiger partial charge is 0.191 e.